The molecule has 3 aromatic carbocycles. The molecule has 1 heterocycles. The van der Waals surface area contributed by atoms with E-state index in [2.05, 4.69) is 25.1 Å². The lowest BCUT2D eigenvalue weighted by Gasteiger charge is -2.31. The molecular formula is C26H28O4Si. The zero-order valence-corrected chi connectivity index (χ0v) is 18.8. The first-order valence-corrected chi connectivity index (χ1v) is 13.1. The number of hydrogen-bond donors (Lipinski definition) is 0. The van der Waals surface area contributed by atoms with E-state index < -0.39 is 8.80 Å². The van der Waals surface area contributed by atoms with Gasteiger partial charge in [0.1, 0.15) is 17.2 Å². The Labute approximate surface area is 185 Å². The van der Waals surface area contributed by atoms with E-state index in [0.29, 0.717) is 24.2 Å². The van der Waals surface area contributed by atoms with E-state index in [9.17, 15) is 0 Å². The van der Waals surface area contributed by atoms with Crippen molar-refractivity contribution in [2.45, 2.75) is 50.4 Å². The predicted molar refractivity (Wildman–Crippen MR) is 123 cm³/mol. The highest BCUT2D eigenvalue weighted by Crippen LogP contribution is 2.46. The molecule has 1 saturated carbocycles. The van der Waals surface area contributed by atoms with Crippen molar-refractivity contribution in [3.05, 3.63) is 90.5 Å². The number of hydrogen-bond acceptors (Lipinski definition) is 4. The molecule has 5 rings (SSSR count). The molecule has 3 unspecified atom stereocenters. The summed E-state index contributed by atoms with van der Waals surface area (Å²) in [4.78, 5) is 0. The zero-order chi connectivity index (χ0) is 21.1. The van der Waals surface area contributed by atoms with Crippen LogP contribution in [0.15, 0.2) is 84.9 Å². The highest BCUT2D eigenvalue weighted by Gasteiger charge is 2.49. The minimum absolute atomic E-state index is 0.418. The Hall–Kier alpha value is -2.76. The Bertz CT molecular complexity index is 953. The van der Waals surface area contributed by atoms with Gasteiger partial charge in [-0.2, -0.15) is 0 Å². The lowest BCUT2D eigenvalue weighted by molar-refractivity contribution is 0.260. The van der Waals surface area contributed by atoms with Gasteiger partial charge >= 0.3 is 8.80 Å². The van der Waals surface area contributed by atoms with Crippen LogP contribution in [0.25, 0.3) is 0 Å². The number of ether oxygens (including phenoxy) is 1. The quantitative estimate of drug-likeness (QED) is 0.313. The molecule has 0 spiro atoms. The largest absolute Gasteiger partial charge is 0.699 e. The van der Waals surface area contributed by atoms with Crippen LogP contribution in [0.1, 0.15) is 37.7 Å². The van der Waals surface area contributed by atoms with Crippen LogP contribution < -0.4 is 13.3 Å². The highest BCUT2D eigenvalue weighted by atomic mass is 28.4. The summed E-state index contributed by atoms with van der Waals surface area (Å²) in [6, 6.07) is 28.6. The Kier molecular flexibility index (Phi) is 5.70. The summed E-state index contributed by atoms with van der Waals surface area (Å²) in [5.41, 5.74) is 1.23. The SMILES string of the molecule is CC[Si](Oc1ccccc1)(Oc1ccccc1)Oc1ccccc1C1CCC2OC2C1. The summed E-state index contributed by atoms with van der Waals surface area (Å²) in [5, 5.41) is 0. The average Bonchev–Trinajstić information content (AvgIpc) is 3.60. The molecule has 0 N–H and O–H groups in total. The van der Waals surface area contributed by atoms with Gasteiger partial charge < -0.3 is 18.0 Å². The third kappa shape index (κ3) is 4.63. The minimum atomic E-state index is -3.12. The summed E-state index contributed by atoms with van der Waals surface area (Å²) in [5.74, 6) is 2.83. The second-order valence-electron chi connectivity index (χ2n) is 8.23. The van der Waals surface area contributed by atoms with E-state index in [1.165, 1.54) is 5.56 Å². The van der Waals surface area contributed by atoms with E-state index in [-0.39, 0.29) is 0 Å². The first kappa shape index (κ1) is 20.2. The average molecular weight is 433 g/mol. The van der Waals surface area contributed by atoms with Gasteiger partial charge in [0.2, 0.25) is 0 Å². The van der Waals surface area contributed by atoms with E-state index in [1.807, 2.05) is 66.7 Å². The summed E-state index contributed by atoms with van der Waals surface area (Å²) in [6.07, 6.45) is 4.21. The molecule has 1 aliphatic carbocycles. The van der Waals surface area contributed by atoms with Crippen LogP contribution in [-0.2, 0) is 4.74 Å². The number of fused-ring (bicyclic) bond motifs is 1. The van der Waals surface area contributed by atoms with Gasteiger partial charge in [0.15, 0.2) is 0 Å². The fourth-order valence-corrected chi connectivity index (χ4v) is 6.45. The molecule has 31 heavy (non-hydrogen) atoms. The van der Waals surface area contributed by atoms with Crippen LogP contribution in [0.2, 0.25) is 6.04 Å². The molecule has 0 aromatic heterocycles. The van der Waals surface area contributed by atoms with Gasteiger partial charge in [0.05, 0.1) is 18.3 Å². The number of benzene rings is 3. The fourth-order valence-electron chi connectivity index (χ4n) is 4.38. The topological polar surface area (TPSA) is 40.2 Å². The van der Waals surface area contributed by atoms with Crippen LogP contribution >= 0.6 is 0 Å². The van der Waals surface area contributed by atoms with Crippen LogP contribution in [0.4, 0.5) is 0 Å². The lowest BCUT2D eigenvalue weighted by atomic mass is 9.84. The van der Waals surface area contributed by atoms with E-state index in [0.717, 1.165) is 36.5 Å². The molecule has 2 aliphatic rings. The molecule has 0 bridgehead atoms. The lowest BCUT2D eigenvalue weighted by Crippen LogP contribution is -2.54. The van der Waals surface area contributed by atoms with Gasteiger partial charge in [-0.25, -0.2) is 0 Å². The van der Waals surface area contributed by atoms with Gasteiger partial charge in [-0.3, -0.25) is 0 Å². The Morgan fingerprint density at radius 1 is 0.742 bits per heavy atom. The van der Waals surface area contributed by atoms with Gasteiger partial charge in [-0.1, -0.05) is 61.5 Å². The molecule has 4 nitrogen and oxygen atoms in total. The molecule has 2 fully saturated rings. The molecular weight excluding hydrogens is 404 g/mol. The molecule has 1 aliphatic heterocycles. The van der Waals surface area contributed by atoms with Crippen molar-refractivity contribution in [1.82, 2.24) is 0 Å². The zero-order valence-electron chi connectivity index (χ0n) is 17.8. The summed E-state index contributed by atoms with van der Waals surface area (Å²) >= 11 is 0. The Morgan fingerprint density at radius 2 is 1.35 bits per heavy atom. The van der Waals surface area contributed by atoms with Crippen molar-refractivity contribution in [2.75, 3.05) is 0 Å². The maximum absolute atomic E-state index is 6.75. The second kappa shape index (κ2) is 8.77. The monoisotopic (exact) mass is 432 g/mol. The number of para-hydroxylation sites is 3. The van der Waals surface area contributed by atoms with Gasteiger partial charge in [-0.15, -0.1) is 0 Å². The Morgan fingerprint density at radius 3 is 1.97 bits per heavy atom. The highest BCUT2D eigenvalue weighted by molar-refractivity contribution is 6.63. The van der Waals surface area contributed by atoms with E-state index in [4.69, 9.17) is 18.0 Å². The van der Waals surface area contributed by atoms with Crippen molar-refractivity contribution >= 4 is 8.80 Å². The number of rotatable bonds is 8. The fraction of sp³-hybridized carbons (Fsp3) is 0.308. The van der Waals surface area contributed by atoms with Crippen molar-refractivity contribution in [1.29, 1.82) is 0 Å². The summed E-state index contributed by atoms with van der Waals surface area (Å²) in [6.45, 7) is 2.07. The van der Waals surface area contributed by atoms with Crippen molar-refractivity contribution < 1.29 is 18.0 Å². The normalized spacial score (nSPS) is 22.3. The van der Waals surface area contributed by atoms with E-state index >= 15 is 0 Å². The maximum atomic E-state index is 6.75. The number of epoxide rings is 1. The summed E-state index contributed by atoms with van der Waals surface area (Å²) in [7, 11) is -3.12. The maximum Gasteiger partial charge on any atom is 0.699 e. The van der Waals surface area contributed by atoms with Gasteiger partial charge in [0, 0.05) is 0 Å². The Balaban J connectivity index is 1.46. The smallest absolute Gasteiger partial charge is 0.483 e. The first-order valence-electron chi connectivity index (χ1n) is 11.2. The first-order chi connectivity index (χ1) is 15.2. The standard InChI is InChI=1S/C26H28O4Si/c1-2-31(28-21-11-5-3-6-12-21,29-22-13-7-4-8-14-22)30-24-16-10-9-15-23(24)20-17-18-25-26(19-20)27-25/h3-16,20,25-26H,2,17-19H2,1H3. The van der Waals surface area contributed by atoms with Crippen molar-refractivity contribution in [3.63, 3.8) is 0 Å². The molecule has 160 valence electrons. The minimum Gasteiger partial charge on any atom is -0.483 e. The molecule has 5 heteroatoms. The van der Waals surface area contributed by atoms with E-state index in [1.54, 1.807) is 0 Å². The molecule has 0 radical (unpaired) electrons. The molecule has 0 amide bonds. The van der Waals surface area contributed by atoms with Crippen LogP contribution in [0, 0.1) is 0 Å². The van der Waals surface area contributed by atoms with Crippen LogP contribution in [0.5, 0.6) is 17.2 Å². The van der Waals surface area contributed by atoms with Gasteiger partial charge in [-0.05, 0) is 61.1 Å². The van der Waals surface area contributed by atoms with Gasteiger partial charge in [0.25, 0.3) is 0 Å². The second-order valence-corrected chi connectivity index (χ2v) is 10.9. The third-order valence-corrected chi connectivity index (χ3v) is 8.58. The molecule has 3 aromatic rings. The third-order valence-electron chi connectivity index (χ3n) is 6.09. The van der Waals surface area contributed by atoms with Crippen LogP contribution in [0.3, 0.4) is 0 Å². The van der Waals surface area contributed by atoms with Crippen LogP contribution in [-0.4, -0.2) is 21.0 Å². The van der Waals surface area contributed by atoms with Crippen molar-refractivity contribution in [2.24, 2.45) is 0 Å². The predicted octanol–water partition coefficient (Wildman–Crippen LogP) is 6.22. The van der Waals surface area contributed by atoms with Crippen molar-refractivity contribution in [3.8, 4) is 17.2 Å². The summed E-state index contributed by atoms with van der Waals surface area (Å²) < 4.78 is 25.5. The molecule has 3 atom stereocenters. The molecule has 1 saturated heterocycles.